The number of nitro groups is 1. The minimum absolute atomic E-state index is 0.0169. The molecule has 0 aliphatic rings. The second-order valence-electron chi connectivity index (χ2n) is 2.22. The molecule has 0 aliphatic carbocycles. The highest BCUT2D eigenvalue weighted by atomic mass is 16.6. The number of nitrogens with zero attached hydrogens (tertiary/aromatic N) is 2. The van der Waals surface area contributed by atoms with Gasteiger partial charge in [-0.3, -0.25) is 10.1 Å². The van der Waals surface area contributed by atoms with Crippen LogP contribution in [0.2, 0.25) is 0 Å². The summed E-state index contributed by atoms with van der Waals surface area (Å²) in [5.41, 5.74) is -0.230. The third-order valence-electron chi connectivity index (χ3n) is 1.40. The Morgan fingerprint density at radius 3 is 2.77 bits per heavy atom. The number of hydrogen-bond donors (Lipinski definition) is 1. The summed E-state index contributed by atoms with van der Waals surface area (Å²) < 4.78 is 0. The van der Waals surface area contributed by atoms with Crippen molar-refractivity contribution < 1.29 is 15.2 Å². The monoisotopic (exact) mass is 181 g/mol. The molecule has 68 valence electrons. The zero-order chi connectivity index (χ0) is 9.84. The maximum Gasteiger partial charge on any atom is 0.270 e. The largest absolute Gasteiger partial charge is 0.872 e. The van der Waals surface area contributed by atoms with E-state index in [4.69, 9.17) is 5.21 Å². The molecule has 0 aromatic heterocycles. The lowest BCUT2D eigenvalue weighted by atomic mass is 10.2. The molecule has 13 heavy (non-hydrogen) atoms. The second kappa shape index (κ2) is 3.53. The summed E-state index contributed by atoms with van der Waals surface area (Å²) in [5, 5.41) is 32.0. The van der Waals surface area contributed by atoms with E-state index in [9.17, 15) is 15.2 Å². The van der Waals surface area contributed by atoms with Crippen LogP contribution in [-0.2, 0) is 0 Å². The van der Waals surface area contributed by atoms with Crippen LogP contribution < -0.4 is 5.11 Å². The van der Waals surface area contributed by atoms with Crippen molar-refractivity contribution in [1.29, 1.82) is 0 Å². The molecule has 0 atom stereocenters. The van der Waals surface area contributed by atoms with Crippen molar-refractivity contribution in [3.8, 4) is 5.75 Å². The van der Waals surface area contributed by atoms with Gasteiger partial charge in [-0.05, 0) is 5.56 Å². The second-order valence-corrected chi connectivity index (χ2v) is 2.22. The number of benzene rings is 1. The SMILES string of the molecule is O=[N+]([O-])c1ccc([O-])c(/C=N\O)c1. The van der Waals surface area contributed by atoms with Crippen LogP contribution in [0.4, 0.5) is 5.69 Å². The average molecular weight is 181 g/mol. The summed E-state index contributed by atoms with van der Waals surface area (Å²) in [7, 11) is 0. The molecule has 0 unspecified atom stereocenters. The van der Waals surface area contributed by atoms with E-state index in [-0.39, 0.29) is 11.3 Å². The molecule has 1 N–H and O–H groups in total. The van der Waals surface area contributed by atoms with Gasteiger partial charge in [0.15, 0.2) is 0 Å². The van der Waals surface area contributed by atoms with Crippen molar-refractivity contribution in [1.82, 2.24) is 0 Å². The summed E-state index contributed by atoms with van der Waals surface area (Å²) in [4.78, 5) is 9.63. The number of oxime groups is 1. The molecule has 0 spiro atoms. The van der Waals surface area contributed by atoms with Gasteiger partial charge in [-0.25, -0.2) is 0 Å². The molecular weight excluding hydrogens is 176 g/mol. The number of nitro benzene ring substituents is 1. The maximum atomic E-state index is 11.0. The molecule has 6 heteroatoms. The van der Waals surface area contributed by atoms with Crippen molar-refractivity contribution in [3.63, 3.8) is 0 Å². The normalized spacial score (nSPS) is 10.5. The summed E-state index contributed by atoms with van der Waals surface area (Å²) in [6.07, 6.45) is 0.856. The molecule has 0 amide bonds. The first kappa shape index (κ1) is 8.98. The Morgan fingerprint density at radius 2 is 2.23 bits per heavy atom. The molecular formula is C7H5N2O4-. The first-order chi connectivity index (χ1) is 6.15. The van der Waals surface area contributed by atoms with Crippen LogP contribution in [0.15, 0.2) is 23.4 Å². The first-order valence-corrected chi connectivity index (χ1v) is 3.28. The number of hydrogen-bond acceptors (Lipinski definition) is 5. The van der Waals surface area contributed by atoms with Crippen molar-refractivity contribution >= 4 is 11.9 Å². The van der Waals surface area contributed by atoms with E-state index in [2.05, 4.69) is 5.16 Å². The molecule has 0 bridgehead atoms. The highest BCUT2D eigenvalue weighted by molar-refractivity contribution is 5.83. The first-order valence-electron chi connectivity index (χ1n) is 3.28. The molecule has 0 radical (unpaired) electrons. The third-order valence-corrected chi connectivity index (χ3v) is 1.40. The zero-order valence-electron chi connectivity index (χ0n) is 6.38. The van der Waals surface area contributed by atoms with Crippen LogP contribution in [0.5, 0.6) is 5.75 Å². The van der Waals surface area contributed by atoms with Crippen LogP contribution >= 0.6 is 0 Å². The minimum Gasteiger partial charge on any atom is -0.872 e. The average Bonchev–Trinajstić information content (AvgIpc) is 2.08. The van der Waals surface area contributed by atoms with Crippen LogP contribution in [0, 0.1) is 10.1 Å². The van der Waals surface area contributed by atoms with Gasteiger partial charge in [0.1, 0.15) is 0 Å². The smallest absolute Gasteiger partial charge is 0.270 e. The van der Waals surface area contributed by atoms with Gasteiger partial charge < -0.3 is 10.3 Å². The Hall–Kier alpha value is -2.11. The van der Waals surface area contributed by atoms with E-state index in [0.29, 0.717) is 0 Å². The van der Waals surface area contributed by atoms with Crippen LogP contribution in [0.3, 0.4) is 0 Å². The highest BCUT2D eigenvalue weighted by Crippen LogP contribution is 2.18. The fraction of sp³-hybridized carbons (Fsp3) is 0. The fourth-order valence-corrected chi connectivity index (χ4v) is 0.813. The van der Waals surface area contributed by atoms with Gasteiger partial charge in [0, 0.05) is 12.1 Å². The molecule has 1 aromatic rings. The van der Waals surface area contributed by atoms with Gasteiger partial charge in [0.05, 0.1) is 11.1 Å². The predicted molar refractivity (Wildman–Crippen MR) is 41.9 cm³/mol. The van der Waals surface area contributed by atoms with Crippen LogP contribution in [0.1, 0.15) is 5.56 Å². The zero-order valence-corrected chi connectivity index (χ0v) is 6.38. The maximum absolute atomic E-state index is 11.0. The van der Waals surface area contributed by atoms with Crippen LogP contribution in [-0.4, -0.2) is 16.3 Å². The van der Waals surface area contributed by atoms with Gasteiger partial charge in [-0.1, -0.05) is 17.0 Å². The quantitative estimate of drug-likeness (QED) is 0.310. The van der Waals surface area contributed by atoms with Crippen molar-refractivity contribution in [3.05, 3.63) is 33.9 Å². The molecule has 1 rings (SSSR count). The van der Waals surface area contributed by atoms with Crippen LogP contribution in [0.25, 0.3) is 0 Å². The molecule has 0 heterocycles. The molecule has 0 saturated heterocycles. The number of rotatable bonds is 2. The molecule has 6 nitrogen and oxygen atoms in total. The van der Waals surface area contributed by atoms with Crippen molar-refractivity contribution in [2.45, 2.75) is 0 Å². The summed E-state index contributed by atoms with van der Waals surface area (Å²) >= 11 is 0. The van der Waals surface area contributed by atoms with E-state index in [1.807, 2.05) is 0 Å². The molecule has 0 saturated carbocycles. The predicted octanol–water partition coefficient (Wildman–Crippen LogP) is 0.476. The topological polar surface area (TPSA) is 98.8 Å². The molecule has 0 fully saturated rings. The van der Waals surface area contributed by atoms with Crippen molar-refractivity contribution in [2.75, 3.05) is 0 Å². The molecule has 0 aliphatic heterocycles. The molecule has 1 aromatic carbocycles. The number of non-ortho nitro benzene ring substituents is 1. The van der Waals surface area contributed by atoms with Gasteiger partial charge in [0.25, 0.3) is 5.69 Å². The lowest BCUT2D eigenvalue weighted by Crippen LogP contribution is -1.97. The summed E-state index contributed by atoms with van der Waals surface area (Å²) in [6, 6.07) is 3.19. The highest BCUT2D eigenvalue weighted by Gasteiger charge is 2.04. The minimum atomic E-state index is -0.631. The van der Waals surface area contributed by atoms with E-state index in [0.717, 1.165) is 24.4 Å². The Bertz CT molecular complexity index is 362. The third kappa shape index (κ3) is 1.92. The Kier molecular flexibility index (Phi) is 2.44. The lowest BCUT2D eigenvalue weighted by molar-refractivity contribution is -0.385. The van der Waals surface area contributed by atoms with E-state index < -0.39 is 10.7 Å². The summed E-state index contributed by atoms with van der Waals surface area (Å²) in [5.74, 6) is -0.427. The van der Waals surface area contributed by atoms with Gasteiger partial charge in [0.2, 0.25) is 0 Å². The van der Waals surface area contributed by atoms with E-state index >= 15 is 0 Å². The van der Waals surface area contributed by atoms with Gasteiger partial charge in [-0.15, -0.1) is 0 Å². The Labute approximate surface area is 72.9 Å². The Morgan fingerprint density at radius 1 is 1.54 bits per heavy atom. The van der Waals surface area contributed by atoms with Gasteiger partial charge in [-0.2, -0.15) is 0 Å². The van der Waals surface area contributed by atoms with Gasteiger partial charge >= 0.3 is 0 Å². The van der Waals surface area contributed by atoms with E-state index in [1.165, 1.54) is 0 Å². The lowest BCUT2D eigenvalue weighted by Gasteiger charge is -2.07. The van der Waals surface area contributed by atoms with E-state index in [1.54, 1.807) is 0 Å². The van der Waals surface area contributed by atoms with Crippen molar-refractivity contribution in [2.24, 2.45) is 5.16 Å². The summed E-state index contributed by atoms with van der Waals surface area (Å²) in [6.45, 7) is 0. The standard InChI is InChI=1S/C7H6N2O4/c10-7-2-1-6(9(12)13)3-5(7)4-8-11/h1-4,10-11H/p-1/b8-4-. The Balaban J connectivity index is 3.18. The fourth-order valence-electron chi connectivity index (χ4n) is 0.813.